The van der Waals surface area contributed by atoms with E-state index in [0.29, 0.717) is 6.10 Å². The number of nitrogens with zero attached hydrogens (tertiary/aromatic N) is 1. The van der Waals surface area contributed by atoms with Crippen LogP contribution in [0.4, 0.5) is 0 Å². The highest BCUT2D eigenvalue weighted by molar-refractivity contribution is 4.75. The lowest BCUT2D eigenvalue weighted by Gasteiger charge is -2.18. The highest BCUT2D eigenvalue weighted by atomic mass is 16.6. The Balaban J connectivity index is 1.93. The molecule has 0 aromatic carbocycles. The van der Waals surface area contributed by atoms with Gasteiger partial charge in [-0.15, -0.1) is 0 Å². The van der Waals surface area contributed by atoms with E-state index in [1.54, 1.807) is 0 Å². The van der Waals surface area contributed by atoms with Gasteiger partial charge in [-0.1, -0.05) is 71.1 Å². The lowest BCUT2D eigenvalue weighted by atomic mass is 9.92. The average molecular weight is 298 g/mol. The third kappa shape index (κ3) is 12.2. The minimum atomic E-state index is 0.607. The predicted octanol–water partition coefficient (Wildman–Crippen LogP) is 5.26. The van der Waals surface area contributed by atoms with E-state index in [0.717, 1.165) is 12.5 Å². The van der Waals surface area contributed by atoms with E-state index in [1.165, 1.54) is 83.6 Å². The van der Waals surface area contributed by atoms with Gasteiger partial charge in [-0.25, -0.2) is 0 Å². The van der Waals surface area contributed by atoms with Crippen molar-refractivity contribution in [3.8, 4) is 0 Å². The van der Waals surface area contributed by atoms with Gasteiger partial charge in [0.15, 0.2) is 0 Å². The molecule has 0 aromatic rings. The molecule has 2 nitrogen and oxygen atoms in total. The van der Waals surface area contributed by atoms with Crippen molar-refractivity contribution in [2.75, 3.05) is 27.2 Å². The van der Waals surface area contributed by atoms with Crippen molar-refractivity contribution in [1.29, 1.82) is 0 Å². The number of unbranched alkanes of at least 4 members (excludes halogenated alkanes) is 8. The Kier molecular flexibility index (Phi) is 11.3. The van der Waals surface area contributed by atoms with E-state index in [1.807, 2.05) is 0 Å². The van der Waals surface area contributed by atoms with E-state index in [-0.39, 0.29) is 0 Å². The van der Waals surface area contributed by atoms with E-state index in [2.05, 4.69) is 25.9 Å². The predicted molar refractivity (Wildman–Crippen MR) is 92.9 cm³/mol. The molecule has 0 aliphatic carbocycles. The zero-order valence-electron chi connectivity index (χ0n) is 14.9. The second-order valence-electron chi connectivity index (χ2n) is 7.27. The number of ether oxygens (including phenoxy) is 1. The quantitative estimate of drug-likeness (QED) is 0.302. The topological polar surface area (TPSA) is 15.8 Å². The SMILES string of the molecule is CCCCCCCCCCCC(CCN(C)C)CC1CO1. The Labute approximate surface area is 133 Å². The molecule has 0 amide bonds. The summed E-state index contributed by atoms with van der Waals surface area (Å²) in [5, 5.41) is 0. The largest absolute Gasteiger partial charge is 0.373 e. The first-order valence-corrected chi connectivity index (χ1v) is 9.48. The summed E-state index contributed by atoms with van der Waals surface area (Å²) in [6.07, 6.45) is 17.6. The molecule has 1 fully saturated rings. The normalized spacial score (nSPS) is 19.1. The van der Waals surface area contributed by atoms with Crippen molar-refractivity contribution in [2.24, 2.45) is 5.92 Å². The monoisotopic (exact) mass is 297 g/mol. The second kappa shape index (κ2) is 12.5. The molecule has 1 aliphatic heterocycles. The van der Waals surface area contributed by atoms with Crippen LogP contribution in [-0.2, 0) is 4.74 Å². The molecule has 2 unspecified atom stereocenters. The second-order valence-corrected chi connectivity index (χ2v) is 7.27. The minimum Gasteiger partial charge on any atom is -0.373 e. The summed E-state index contributed by atoms with van der Waals surface area (Å²) in [4.78, 5) is 2.32. The van der Waals surface area contributed by atoms with Gasteiger partial charge in [0, 0.05) is 0 Å². The molecular weight excluding hydrogens is 258 g/mol. The molecular formula is C19H39NO. The van der Waals surface area contributed by atoms with Crippen LogP contribution >= 0.6 is 0 Å². The van der Waals surface area contributed by atoms with Gasteiger partial charge in [-0.05, 0) is 39.4 Å². The average Bonchev–Trinajstić information content (AvgIpc) is 3.26. The van der Waals surface area contributed by atoms with Crippen molar-refractivity contribution < 1.29 is 4.74 Å². The smallest absolute Gasteiger partial charge is 0.0812 e. The summed E-state index contributed by atoms with van der Waals surface area (Å²) < 4.78 is 5.42. The molecule has 2 atom stereocenters. The first-order valence-electron chi connectivity index (χ1n) is 9.48. The first kappa shape index (κ1) is 19.0. The third-order valence-corrected chi connectivity index (χ3v) is 4.70. The summed E-state index contributed by atoms with van der Waals surface area (Å²) in [5.74, 6) is 0.893. The van der Waals surface area contributed by atoms with Crippen molar-refractivity contribution in [3.63, 3.8) is 0 Å². The van der Waals surface area contributed by atoms with E-state index in [4.69, 9.17) is 4.74 Å². The van der Waals surface area contributed by atoms with E-state index < -0.39 is 0 Å². The molecule has 1 rings (SSSR count). The lowest BCUT2D eigenvalue weighted by molar-refractivity contribution is 0.290. The Bertz CT molecular complexity index is 226. The summed E-state index contributed by atoms with van der Waals surface area (Å²) in [6, 6.07) is 0. The Hall–Kier alpha value is -0.0800. The minimum absolute atomic E-state index is 0.607. The van der Waals surface area contributed by atoms with Crippen LogP contribution < -0.4 is 0 Å². The molecule has 0 aromatic heterocycles. The molecule has 1 saturated heterocycles. The Morgan fingerprint density at radius 1 is 0.905 bits per heavy atom. The summed E-state index contributed by atoms with van der Waals surface area (Å²) >= 11 is 0. The maximum absolute atomic E-state index is 5.42. The fraction of sp³-hybridized carbons (Fsp3) is 1.00. The van der Waals surface area contributed by atoms with Gasteiger partial charge in [0.25, 0.3) is 0 Å². The molecule has 0 radical (unpaired) electrons. The van der Waals surface area contributed by atoms with Crippen LogP contribution in [0.1, 0.15) is 84.0 Å². The fourth-order valence-corrected chi connectivity index (χ4v) is 3.14. The summed E-state index contributed by atoms with van der Waals surface area (Å²) in [5.41, 5.74) is 0. The lowest BCUT2D eigenvalue weighted by Crippen LogP contribution is -2.17. The van der Waals surface area contributed by atoms with Gasteiger partial charge in [0.2, 0.25) is 0 Å². The number of hydrogen-bond donors (Lipinski definition) is 0. The van der Waals surface area contributed by atoms with Gasteiger partial charge in [-0.3, -0.25) is 0 Å². The third-order valence-electron chi connectivity index (χ3n) is 4.70. The van der Waals surface area contributed by atoms with E-state index in [9.17, 15) is 0 Å². The number of hydrogen-bond acceptors (Lipinski definition) is 2. The maximum atomic E-state index is 5.42. The molecule has 21 heavy (non-hydrogen) atoms. The van der Waals surface area contributed by atoms with Crippen LogP contribution in [-0.4, -0.2) is 38.3 Å². The van der Waals surface area contributed by atoms with Gasteiger partial charge in [-0.2, -0.15) is 0 Å². The van der Waals surface area contributed by atoms with Crippen LogP contribution in [0.25, 0.3) is 0 Å². The molecule has 0 bridgehead atoms. The zero-order chi connectivity index (χ0) is 15.3. The van der Waals surface area contributed by atoms with E-state index >= 15 is 0 Å². The van der Waals surface area contributed by atoms with Crippen LogP contribution in [0.2, 0.25) is 0 Å². The molecule has 2 heteroatoms. The standard InChI is InChI=1S/C19H39NO/c1-4-5-6-7-8-9-10-11-12-13-18(14-15-20(2)3)16-19-17-21-19/h18-19H,4-17H2,1-3H3. The van der Waals surface area contributed by atoms with Crippen LogP contribution in [0.15, 0.2) is 0 Å². The highest BCUT2D eigenvalue weighted by Gasteiger charge is 2.26. The van der Waals surface area contributed by atoms with Gasteiger partial charge in [0.1, 0.15) is 0 Å². The van der Waals surface area contributed by atoms with Crippen molar-refractivity contribution in [2.45, 2.75) is 90.1 Å². The van der Waals surface area contributed by atoms with Crippen LogP contribution in [0.3, 0.4) is 0 Å². The zero-order valence-corrected chi connectivity index (χ0v) is 14.9. The van der Waals surface area contributed by atoms with Crippen molar-refractivity contribution in [1.82, 2.24) is 4.90 Å². The molecule has 1 heterocycles. The van der Waals surface area contributed by atoms with Crippen LogP contribution in [0.5, 0.6) is 0 Å². The molecule has 126 valence electrons. The van der Waals surface area contributed by atoms with Gasteiger partial charge < -0.3 is 9.64 Å². The van der Waals surface area contributed by atoms with Crippen molar-refractivity contribution >= 4 is 0 Å². The molecule has 0 N–H and O–H groups in total. The summed E-state index contributed by atoms with van der Waals surface area (Å²) in [7, 11) is 4.37. The fourth-order valence-electron chi connectivity index (χ4n) is 3.14. The Morgan fingerprint density at radius 3 is 2.00 bits per heavy atom. The molecule has 0 spiro atoms. The number of rotatable bonds is 15. The Morgan fingerprint density at radius 2 is 1.48 bits per heavy atom. The summed E-state index contributed by atoms with van der Waals surface area (Å²) in [6.45, 7) is 4.55. The van der Waals surface area contributed by atoms with Gasteiger partial charge in [0.05, 0.1) is 12.7 Å². The molecule has 0 saturated carbocycles. The highest BCUT2D eigenvalue weighted by Crippen LogP contribution is 2.26. The van der Waals surface area contributed by atoms with Crippen LogP contribution in [0, 0.1) is 5.92 Å². The first-order chi connectivity index (χ1) is 10.2. The number of epoxide rings is 1. The maximum Gasteiger partial charge on any atom is 0.0812 e. The molecule has 1 aliphatic rings. The van der Waals surface area contributed by atoms with Gasteiger partial charge >= 0.3 is 0 Å². The van der Waals surface area contributed by atoms with Crippen molar-refractivity contribution in [3.05, 3.63) is 0 Å².